The predicted molar refractivity (Wildman–Crippen MR) is 122 cm³/mol. The normalized spacial score (nSPS) is 17.2. The fourth-order valence-electron chi connectivity index (χ4n) is 3.89. The molecule has 6 nitrogen and oxygen atoms in total. The summed E-state index contributed by atoms with van der Waals surface area (Å²) in [6.07, 6.45) is 0. The van der Waals surface area contributed by atoms with Gasteiger partial charge >= 0.3 is 0 Å². The van der Waals surface area contributed by atoms with E-state index < -0.39 is 40.8 Å². The average molecular weight is 486 g/mol. The Balaban J connectivity index is 2.02. The van der Waals surface area contributed by atoms with Gasteiger partial charge in [0.05, 0.1) is 42.1 Å². The number of ketones is 1. The molecule has 1 aliphatic rings. The average Bonchev–Trinajstić information content (AvgIpc) is 3.10. The first kappa shape index (κ1) is 23.3. The summed E-state index contributed by atoms with van der Waals surface area (Å²) < 4.78 is 39.2. The Bertz CT molecular complexity index is 1330. The minimum absolute atomic E-state index is 0.0300. The molecule has 3 aromatic rings. The van der Waals surface area contributed by atoms with Crippen molar-refractivity contribution in [2.75, 3.05) is 19.1 Å². The maximum absolute atomic E-state index is 14.7. The molecule has 1 amide bonds. The van der Waals surface area contributed by atoms with Gasteiger partial charge in [-0.15, -0.1) is 0 Å². The Labute approximate surface area is 198 Å². The number of anilines is 1. The van der Waals surface area contributed by atoms with Gasteiger partial charge in [0.1, 0.15) is 28.9 Å². The van der Waals surface area contributed by atoms with Crippen molar-refractivity contribution in [3.63, 3.8) is 0 Å². The zero-order chi connectivity index (χ0) is 24.6. The van der Waals surface area contributed by atoms with Gasteiger partial charge in [0.15, 0.2) is 0 Å². The van der Waals surface area contributed by atoms with Crippen molar-refractivity contribution < 1.29 is 33.0 Å². The van der Waals surface area contributed by atoms with Crippen LogP contribution < -0.4 is 14.4 Å². The zero-order valence-corrected chi connectivity index (χ0v) is 18.8. The summed E-state index contributed by atoms with van der Waals surface area (Å²) in [5, 5.41) is 11.5. The number of methoxy groups -OCH3 is 2. The minimum Gasteiger partial charge on any atom is -0.507 e. The molecule has 1 aliphatic heterocycles. The van der Waals surface area contributed by atoms with E-state index in [0.29, 0.717) is 5.56 Å². The quantitative estimate of drug-likeness (QED) is 0.303. The number of halogens is 3. The third-order valence-electron chi connectivity index (χ3n) is 5.46. The lowest BCUT2D eigenvalue weighted by molar-refractivity contribution is -0.132. The molecule has 4 rings (SSSR count). The number of aliphatic hydroxyl groups is 1. The van der Waals surface area contributed by atoms with Crippen LogP contribution in [-0.4, -0.2) is 31.0 Å². The number of ether oxygens (including phenoxy) is 2. The topological polar surface area (TPSA) is 76.1 Å². The number of hydrogen-bond donors (Lipinski definition) is 1. The largest absolute Gasteiger partial charge is 0.507 e. The van der Waals surface area contributed by atoms with Gasteiger partial charge in [-0.1, -0.05) is 41.9 Å². The van der Waals surface area contributed by atoms with Gasteiger partial charge < -0.3 is 14.6 Å². The van der Waals surface area contributed by atoms with E-state index in [2.05, 4.69) is 0 Å². The number of carbonyl (C=O) groups excluding carboxylic acids is 2. The second kappa shape index (κ2) is 9.15. The van der Waals surface area contributed by atoms with Crippen molar-refractivity contribution in [1.82, 2.24) is 0 Å². The van der Waals surface area contributed by atoms with Crippen LogP contribution >= 0.6 is 11.6 Å². The van der Waals surface area contributed by atoms with Gasteiger partial charge in [0.2, 0.25) is 0 Å². The van der Waals surface area contributed by atoms with E-state index in [0.717, 1.165) is 23.1 Å². The molecule has 1 fully saturated rings. The molecule has 0 bridgehead atoms. The summed E-state index contributed by atoms with van der Waals surface area (Å²) >= 11 is 6.15. The first-order valence-corrected chi connectivity index (χ1v) is 10.4. The Morgan fingerprint density at radius 3 is 2.29 bits per heavy atom. The smallest absolute Gasteiger partial charge is 0.300 e. The van der Waals surface area contributed by atoms with E-state index in [4.69, 9.17) is 21.1 Å². The number of rotatable bonds is 5. The molecule has 1 atom stereocenters. The molecule has 0 aromatic heterocycles. The molecule has 1 heterocycles. The lowest BCUT2D eigenvalue weighted by atomic mass is 9.94. The van der Waals surface area contributed by atoms with E-state index >= 15 is 0 Å². The fourth-order valence-corrected chi connectivity index (χ4v) is 4.12. The number of amides is 1. The third kappa shape index (κ3) is 3.86. The zero-order valence-electron chi connectivity index (χ0n) is 18.0. The molecule has 174 valence electrons. The monoisotopic (exact) mass is 485 g/mol. The standard InChI is InChI=1S/C25H18ClF2NO5/c1-33-19-12-16(26)20(34-2)11-15(19)23(30)21-22(13-6-4-3-5-7-13)29(25(32)24(21)31)18-10-14(27)8-9-17(18)28/h3-12,22,30H,1-2H3/b23-21+. The van der Waals surface area contributed by atoms with Crippen molar-refractivity contribution in [1.29, 1.82) is 0 Å². The number of Topliss-reactive ketones (excluding diaryl/α,β-unsaturated/α-hetero) is 1. The molecule has 3 aromatic carbocycles. The van der Waals surface area contributed by atoms with E-state index in [-0.39, 0.29) is 27.7 Å². The summed E-state index contributed by atoms with van der Waals surface area (Å²) in [6, 6.07) is 12.3. The molecule has 0 aliphatic carbocycles. The Morgan fingerprint density at radius 2 is 1.65 bits per heavy atom. The van der Waals surface area contributed by atoms with Crippen LogP contribution in [0.3, 0.4) is 0 Å². The van der Waals surface area contributed by atoms with E-state index in [1.54, 1.807) is 30.3 Å². The number of carbonyl (C=O) groups is 2. The van der Waals surface area contributed by atoms with Crippen LogP contribution in [0.2, 0.25) is 5.02 Å². The van der Waals surface area contributed by atoms with Gasteiger partial charge in [-0.3, -0.25) is 14.5 Å². The highest BCUT2D eigenvalue weighted by atomic mass is 35.5. The minimum atomic E-state index is -1.25. The molecular formula is C25H18ClF2NO5. The number of benzene rings is 3. The molecule has 1 N–H and O–H groups in total. The molecule has 34 heavy (non-hydrogen) atoms. The number of nitrogens with zero attached hydrogens (tertiary/aromatic N) is 1. The molecule has 0 saturated carbocycles. The number of hydrogen-bond acceptors (Lipinski definition) is 5. The van der Waals surface area contributed by atoms with Crippen LogP contribution in [-0.2, 0) is 9.59 Å². The maximum atomic E-state index is 14.7. The lowest BCUT2D eigenvalue weighted by Gasteiger charge is -2.26. The Kier molecular flexibility index (Phi) is 6.26. The SMILES string of the molecule is COc1cc(/C(O)=C2\C(=O)C(=O)N(c3cc(F)ccc3F)C2c2ccccc2)c(OC)cc1Cl. The van der Waals surface area contributed by atoms with Crippen LogP contribution in [0.1, 0.15) is 17.2 Å². The van der Waals surface area contributed by atoms with Gasteiger partial charge in [-0.05, 0) is 23.8 Å². The van der Waals surface area contributed by atoms with Gasteiger partial charge in [0.25, 0.3) is 11.7 Å². The van der Waals surface area contributed by atoms with Crippen LogP contribution in [0.5, 0.6) is 11.5 Å². The summed E-state index contributed by atoms with van der Waals surface area (Å²) in [5.41, 5.74) is -0.340. The summed E-state index contributed by atoms with van der Waals surface area (Å²) in [4.78, 5) is 27.1. The highest BCUT2D eigenvalue weighted by molar-refractivity contribution is 6.51. The van der Waals surface area contributed by atoms with Gasteiger partial charge in [-0.25, -0.2) is 8.78 Å². The highest BCUT2D eigenvalue weighted by Crippen LogP contribution is 2.45. The fraction of sp³-hybridized carbons (Fsp3) is 0.120. The summed E-state index contributed by atoms with van der Waals surface area (Å²) in [6.45, 7) is 0. The van der Waals surface area contributed by atoms with Crippen LogP contribution in [0, 0.1) is 11.6 Å². The Hall–Kier alpha value is -3.91. The first-order chi connectivity index (χ1) is 16.3. The second-order valence-corrected chi connectivity index (χ2v) is 7.77. The van der Waals surface area contributed by atoms with Crippen LogP contribution in [0.25, 0.3) is 5.76 Å². The molecular weight excluding hydrogens is 468 g/mol. The molecule has 9 heteroatoms. The van der Waals surface area contributed by atoms with E-state index in [1.807, 2.05) is 0 Å². The number of aliphatic hydroxyl groups excluding tert-OH is 1. The lowest BCUT2D eigenvalue weighted by Crippen LogP contribution is -2.30. The third-order valence-corrected chi connectivity index (χ3v) is 5.75. The van der Waals surface area contributed by atoms with Gasteiger partial charge in [-0.2, -0.15) is 0 Å². The van der Waals surface area contributed by atoms with Crippen molar-refractivity contribution in [2.45, 2.75) is 6.04 Å². The first-order valence-electron chi connectivity index (χ1n) is 10.0. The Morgan fingerprint density at radius 1 is 0.971 bits per heavy atom. The predicted octanol–water partition coefficient (Wildman–Crippen LogP) is 5.26. The van der Waals surface area contributed by atoms with E-state index in [1.165, 1.54) is 26.4 Å². The van der Waals surface area contributed by atoms with Crippen LogP contribution in [0.15, 0.2) is 66.2 Å². The van der Waals surface area contributed by atoms with Crippen LogP contribution in [0.4, 0.5) is 14.5 Å². The summed E-state index contributed by atoms with van der Waals surface area (Å²) in [7, 11) is 2.71. The second-order valence-electron chi connectivity index (χ2n) is 7.36. The molecule has 1 saturated heterocycles. The molecule has 0 radical (unpaired) electrons. The highest BCUT2D eigenvalue weighted by Gasteiger charge is 2.48. The van der Waals surface area contributed by atoms with E-state index in [9.17, 15) is 23.5 Å². The maximum Gasteiger partial charge on any atom is 0.300 e. The van der Waals surface area contributed by atoms with Gasteiger partial charge in [0, 0.05) is 12.1 Å². The van der Waals surface area contributed by atoms with Crippen molar-refractivity contribution in [2.24, 2.45) is 0 Å². The van der Waals surface area contributed by atoms with Crippen molar-refractivity contribution in [3.8, 4) is 11.5 Å². The van der Waals surface area contributed by atoms with Crippen molar-refractivity contribution >= 4 is 34.7 Å². The van der Waals surface area contributed by atoms with Crippen molar-refractivity contribution in [3.05, 3.63) is 94.0 Å². The summed E-state index contributed by atoms with van der Waals surface area (Å²) in [5.74, 6) is -4.20. The molecule has 1 unspecified atom stereocenters. The molecule has 0 spiro atoms.